The number of hydrogen-bond donors (Lipinski definition) is 4. The number of carbonyl (C=O) groups excluding carboxylic acids is 4. The quantitative estimate of drug-likeness (QED) is 0.196. The second-order valence-electron chi connectivity index (χ2n) is 11.0. The Morgan fingerprint density at radius 1 is 0.643 bits per heavy atom. The number of nitrogens with one attached hydrogen (secondary N) is 2. The first-order chi connectivity index (χ1) is 20.2. The number of anilines is 2. The third kappa shape index (κ3) is 3.38. The van der Waals surface area contributed by atoms with Crippen LogP contribution in [0, 0.1) is 40.0 Å². The maximum absolute atomic E-state index is 14.3. The van der Waals surface area contributed by atoms with Crippen LogP contribution in [0.5, 0.6) is 0 Å². The Morgan fingerprint density at radius 2 is 1.12 bits per heavy atom. The lowest BCUT2D eigenvalue weighted by Crippen LogP contribution is -2.99. The van der Waals surface area contributed by atoms with E-state index in [9.17, 15) is 40.0 Å². The van der Waals surface area contributed by atoms with Crippen molar-refractivity contribution in [2.75, 3.05) is 9.80 Å². The van der Waals surface area contributed by atoms with E-state index in [4.69, 9.17) is 0 Å². The predicted molar refractivity (Wildman–Crippen MR) is 144 cm³/mol. The molecule has 8 atom stereocenters. The number of benzene rings is 3. The molecule has 2 heterocycles. The van der Waals surface area contributed by atoms with Gasteiger partial charge in [-0.2, -0.15) is 10.5 Å². The van der Waals surface area contributed by atoms with Gasteiger partial charge in [0, 0.05) is 35.6 Å². The molecule has 4 N–H and O–H groups in total. The van der Waals surface area contributed by atoms with Crippen LogP contribution in [0.2, 0.25) is 0 Å². The first-order valence-electron chi connectivity index (χ1n) is 13.3. The van der Waals surface area contributed by atoms with E-state index < -0.39 is 69.1 Å². The minimum atomic E-state index is -1.36. The monoisotopic (exact) mass is 568 g/mol. The van der Waals surface area contributed by atoms with Crippen molar-refractivity contribution >= 4 is 46.4 Å². The van der Waals surface area contributed by atoms with E-state index in [1.807, 2.05) is 0 Å². The number of quaternary nitrogens is 2. The molecule has 2 saturated heterocycles. The van der Waals surface area contributed by atoms with Gasteiger partial charge in [-0.05, 0) is 17.7 Å². The Kier molecular flexibility index (Phi) is 5.79. The minimum Gasteiger partial charge on any atom is -0.595 e. The second kappa shape index (κ2) is 9.22. The van der Waals surface area contributed by atoms with Crippen LogP contribution in [0.4, 0.5) is 22.7 Å². The number of hydrogen-bond acceptors (Lipinski definition) is 8. The first kappa shape index (κ1) is 26.3. The third-order valence-electron chi connectivity index (χ3n) is 9.13. The molecule has 42 heavy (non-hydrogen) atoms. The molecule has 0 aromatic heterocycles. The maximum Gasteiger partial charge on any atom is 0.238 e. The summed E-state index contributed by atoms with van der Waals surface area (Å²) in [6.45, 7) is 0. The van der Waals surface area contributed by atoms with Crippen LogP contribution in [0.25, 0.3) is 0 Å². The summed E-state index contributed by atoms with van der Waals surface area (Å²) in [6, 6.07) is 19.9. The largest absolute Gasteiger partial charge is 0.595 e. The highest BCUT2D eigenvalue weighted by atomic mass is 16.8. The summed E-state index contributed by atoms with van der Waals surface area (Å²) >= 11 is 0. The van der Waals surface area contributed by atoms with Crippen LogP contribution in [0.15, 0.2) is 91.0 Å². The normalized spacial score (nSPS) is 31.0. The molecular weight excluding hydrogens is 544 g/mol. The molecule has 3 aromatic rings. The predicted octanol–water partition coefficient (Wildman–Crippen LogP) is 0.542. The van der Waals surface area contributed by atoms with Gasteiger partial charge in [0.05, 0.1) is 35.0 Å². The van der Waals surface area contributed by atoms with Crippen molar-refractivity contribution in [1.29, 1.82) is 0 Å². The van der Waals surface area contributed by atoms with Crippen molar-refractivity contribution in [2.45, 2.75) is 5.41 Å². The van der Waals surface area contributed by atoms with Crippen LogP contribution >= 0.6 is 0 Å². The lowest BCUT2D eigenvalue weighted by atomic mass is 9.45. The van der Waals surface area contributed by atoms with Gasteiger partial charge in [-0.15, -0.1) is 0 Å². The molecule has 3 aliphatic carbocycles. The van der Waals surface area contributed by atoms with Crippen LogP contribution in [0.3, 0.4) is 0 Å². The van der Waals surface area contributed by atoms with Crippen LogP contribution in [0.1, 0.15) is 5.56 Å². The molecule has 0 radical (unpaired) electrons. The summed E-state index contributed by atoms with van der Waals surface area (Å²) in [6.07, 6.45) is 3.53. The Labute approximate surface area is 238 Å². The Hall–Kier alpha value is -4.56. The summed E-state index contributed by atoms with van der Waals surface area (Å²) in [4.78, 5) is 58.8. The summed E-state index contributed by atoms with van der Waals surface area (Å²) < 4.78 is 0. The average molecular weight is 569 g/mol. The fourth-order valence-electron chi connectivity index (χ4n) is 7.54. The fraction of sp³-hybridized carbons (Fsp3) is 0.200. The SMILES string of the molecule is O=C1[C@@H]2C3C=CC(c4ccccc4)([C@@H]2C(=O)N1c1cccc([NH+]([O-])O)c1)[C@H]1C(=O)N(c2cccc([NH+]([O-])O)c2)C(=O)[C@@H]31. The van der Waals surface area contributed by atoms with Crippen molar-refractivity contribution in [3.05, 3.63) is 107 Å². The van der Waals surface area contributed by atoms with Gasteiger partial charge in [-0.1, -0.05) is 54.6 Å². The number of allylic oxidation sites excluding steroid dienone is 2. The van der Waals surface area contributed by atoms with E-state index in [-0.39, 0.29) is 22.7 Å². The smallest absolute Gasteiger partial charge is 0.238 e. The zero-order valence-electron chi connectivity index (χ0n) is 21.8. The van der Waals surface area contributed by atoms with Gasteiger partial charge >= 0.3 is 0 Å². The summed E-state index contributed by atoms with van der Waals surface area (Å²) in [5.74, 6) is -7.05. The molecule has 1 saturated carbocycles. The summed E-state index contributed by atoms with van der Waals surface area (Å²) in [5.41, 5.74) is -0.738. The number of amides is 4. The van der Waals surface area contributed by atoms with E-state index in [2.05, 4.69) is 0 Å². The third-order valence-corrected chi connectivity index (χ3v) is 9.13. The highest BCUT2D eigenvalue weighted by molar-refractivity contribution is 6.27. The van der Waals surface area contributed by atoms with Crippen LogP contribution in [-0.4, -0.2) is 34.0 Å². The molecule has 3 aromatic carbocycles. The number of imide groups is 2. The highest BCUT2D eigenvalue weighted by Gasteiger charge is 2.75. The average Bonchev–Trinajstić information content (AvgIpc) is 3.44. The van der Waals surface area contributed by atoms with Crippen LogP contribution in [-0.2, 0) is 24.6 Å². The summed E-state index contributed by atoms with van der Waals surface area (Å²) in [5, 5.41) is 39.8. The van der Waals surface area contributed by atoms with Crippen LogP contribution < -0.4 is 20.3 Å². The van der Waals surface area contributed by atoms with Crippen molar-refractivity contribution in [3.63, 3.8) is 0 Å². The Bertz CT molecular complexity index is 1590. The highest BCUT2D eigenvalue weighted by Crippen LogP contribution is 2.65. The molecule has 12 heteroatoms. The number of carbonyl (C=O) groups is 4. The van der Waals surface area contributed by atoms with Gasteiger partial charge in [0.1, 0.15) is 0 Å². The molecule has 12 nitrogen and oxygen atoms in total. The van der Waals surface area contributed by atoms with E-state index in [0.717, 1.165) is 9.80 Å². The maximum atomic E-state index is 14.3. The van der Waals surface area contributed by atoms with E-state index in [1.54, 1.807) is 42.5 Å². The van der Waals surface area contributed by atoms with Gasteiger partial charge < -0.3 is 10.4 Å². The first-order valence-corrected chi connectivity index (χ1v) is 13.3. The van der Waals surface area contributed by atoms with E-state index in [1.165, 1.54) is 48.5 Å². The Balaban J connectivity index is 1.39. The molecule has 8 rings (SSSR count). The molecular formula is C30H24N4O8. The summed E-state index contributed by atoms with van der Waals surface area (Å²) in [7, 11) is 0. The number of nitrogens with zero attached hydrogens (tertiary/aromatic N) is 2. The second-order valence-corrected chi connectivity index (χ2v) is 11.0. The van der Waals surface area contributed by atoms with E-state index in [0.29, 0.717) is 5.56 Å². The molecule has 3 fully saturated rings. The lowest BCUT2D eigenvalue weighted by molar-refractivity contribution is -0.991. The molecule has 212 valence electrons. The fourth-order valence-corrected chi connectivity index (χ4v) is 7.54. The minimum absolute atomic E-state index is 0.0942. The zero-order chi connectivity index (χ0) is 29.5. The molecule has 5 aliphatic rings. The Morgan fingerprint density at radius 3 is 1.57 bits per heavy atom. The lowest BCUT2D eigenvalue weighted by Gasteiger charge is -2.53. The van der Waals surface area contributed by atoms with Crippen molar-refractivity contribution in [1.82, 2.24) is 0 Å². The topological polar surface area (TPSA) is 170 Å². The number of rotatable bonds is 5. The molecule has 4 unspecified atom stereocenters. The molecule has 4 amide bonds. The van der Waals surface area contributed by atoms with Crippen molar-refractivity contribution in [3.8, 4) is 0 Å². The van der Waals surface area contributed by atoms with Crippen molar-refractivity contribution < 1.29 is 40.0 Å². The van der Waals surface area contributed by atoms with Gasteiger partial charge in [0.25, 0.3) is 0 Å². The zero-order valence-corrected chi connectivity index (χ0v) is 21.8. The van der Waals surface area contributed by atoms with Gasteiger partial charge in [0.15, 0.2) is 11.4 Å². The van der Waals surface area contributed by atoms with Gasteiger partial charge in [0.2, 0.25) is 23.6 Å². The molecule has 0 spiro atoms. The molecule has 2 aliphatic heterocycles. The molecule has 2 bridgehead atoms. The van der Waals surface area contributed by atoms with Crippen molar-refractivity contribution in [2.24, 2.45) is 29.6 Å². The van der Waals surface area contributed by atoms with Gasteiger partial charge in [-0.25, -0.2) is 20.2 Å². The van der Waals surface area contributed by atoms with Gasteiger partial charge in [-0.3, -0.25) is 19.2 Å². The van der Waals surface area contributed by atoms with E-state index >= 15 is 0 Å². The standard InChI is InChI=1S/C30H24N4O8/c35-26-22-21-12-13-30(16-6-2-1-3-7-16,24(22)28(37)31(26)17-8-4-10-19(14-17)33(39)40)25-23(21)27(36)32(29(25)38)18-9-5-11-20(15-18)34(41)42/h1-15,21-25,33-34,39,41H/t21?,22-,23+,24+,25-,30?.